The van der Waals surface area contributed by atoms with Crippen LogP contribution in [0.5, 0.6) is 0 Å². The Bertz CT molecular complexity index is 245. The summed E-state index contributed by atoms with van der Waals surface area (Å²) < 4.78 is 0. The minimum absolute atomic E-state index is 0. The topological polar surface area (TPSA) is 32.3 Å². The molecule has 1 N–H and O–H groups in total. The highest BCUT2D eigenvalue weighted by Gasteiger charge is 2.19. The molecule has 0 radical (unpaired) electrons. The summed E-state index contributed by atoms with van der Waals surface area (Å²) in [6, 6.07) is 0. The largest absolute Gasteiger partial charge is 0.345 e. The van der Waals surface area contributed by atoms with Gasteiger partial charge in [-0.2, -0.15) is 0 Å². The molecule has 0 aromatic carbocycles. The van der Waals surface area contributed by atoms with E-state index in [1.54, 1.807) is 0 Å². The Morgan fingerprint density at radius 2 is 1.83 bits per heavy atom. The number of rotatable bonds is 4. The van der Waals surface area contributed by atoms with Crippen molar-refractivity contribution in [2.45, 2.75) is 46.5 Å². The first-order chi connectivity index (χ1) is 7.88. The van der Waals surface area contributed by atoms with Crippen LogP contribution in [-0.2, 0) is 4.79 Å². The molecular formula is C14H29ClN2O. The van der Waals surface area contributed by atoms with Crippen LogP contribution in [0.3, 0.4) is 0 Å². The first kappa shape index (κ1) is 17.7. The number of nitrogens with zero attached hydrogens (tertiary/aromatic N) is 1. The standard InChI is InChI=1S/C14H28N2O.ClH/c1-14(2,3)11-16(4)13(17)6-5-12-7-9-15-10-8-12;/h12,15H,5-11H2,1-4H3;1H. The zero-order valence-corrected chi connectivity index (χ0v) is 13.1. The van der Waals surface area contributed by atoms with Crippen LogP contribution in [0.25, 0.3) is 0 Å². The molecular weight excluding hydrogens is 248 g/mol. The second-order valence-electron chi connectivity index (χ2n) is 6.54. The Morgan fingerprint density at radius 3 is 2.33 bits per heavy atom. The zero-order chi connectivity index (χ0) is 12.9. The molecule has 0 bridgehead atoms. The van der Waals surface area contributed by atoms with Crippen molar-refractivity contribution < 1.29 is 4.79 Å². The highest BCUT2D eigenvalue weighted by atomic mass is 35.5. The van der Waals surface area contributed by atoms with Crippen molar-refractivity contribution in [3.8, 4) is 0 Å². The minimum Gasteiger partial charge on any atom is -0.345 e. The highest BCUT2D eigenvalue weighted by molar-refractivity contribution is 5.85. The Labute approximate surface area is 118 Å². The van der Waals surface area contributed by atoms with Gasteiger partial charge in [-0.25, -0.2) is 0 Å². The fourth-order valence-electron chi connectivity index (χ4n) is 2.49. The van der Waals surface area contributed by atoms with Gasteiger partial charge in [0.1, 0.15) is 0 Å². The van der Waals surface area contributed by atoms with Crippen LogP contribution in [0.2, 0.25) is 0 Å². The number of amides is 1. The SMILES string of the molecule is CN(CC(C)(C)C)C(=O)CCC1CCNCC1.Cl. The number of hydrogen-bond acceptors (Lipinski definition) is 2. The van der Waals surface area contributed by atoms with Crippen LogP contribution in [0, 0.1) is 11.3 Å². The van der Waals surface area contributed by atoms with Gasteiger partial charge >= 0.3 is 0 Å². The predicted octanol–water partition coefficient (Wildman–Crippen LogP) is 2.69. The summed E-state index contributed by atoms with van der Waals surface area (Å²) in [4.78, 5) is 13.9. The van der Waals surface area contributed by atoms with E-state index in [0.717, 1.165) is 38.4 Å². The van der Waals surface area contributed by atoms with Crippen molar-refractivity contribution in [1.82, 2.24) is 10.2 Å². The van der Waals surface area contributed by atoms with Gasteiger partial charge in [-0.15, -0.1) is 12.4 Å². The van der Waals surface area contributed by atoms with Gasteiger partial charge in [-0.1, -0.05) is 20.8 Å². The number of halogens is 1. The molecule has 0 atom stereocenters. The van der Waals surface area contributed by atoms with Crippen LogP contribution >= 0.6 is 12.4 Å². The Hall–Kier alpha value is -0.280. The third-order valence-electron chi connectivity index (χ3n) is 3.36. The van der Waals surface area contributed by atoms with E-state index < -0.39 is 0 Å². The zero-order valence-electron chi connectivity index (χ0n) is 12.3. The Balaban J connectivity index is 0.00000289. The lowest BCUT2D eigenvalue weighted by Gasteiger charge is -2.28. The average Bonchev–Trinajstić information content (AvgIpc) is 2.25. The van der Waals surface area contributed by atoms with Gasteiger partial charge < -0.3 is 10.2 Å². The van der Waals surface area contributed by atoms with E-state index in [2.05, 4.69) is 26.1 Å². The lowest BCUT2D eigenvalue weighted by molar-refractivity contribution is -0.131. The van der Waals surface area contributed by atoms with Crippen LogP contribution in [0.1, 0.15) is 46.5 Å². The number of hydrogen-bond donors (Lipinski definition) is 1. The monoisotopic (exact) mass is 276 g/mol. The molecule has 1 heterocycles. The fraction of sp³-hybridized carbons (Fsp3) is 0.929. The molecule has 0 unspecified atom stereocenters. The number of nitrogens with one attached hydrogen (secondary N) is 1. The second kappa shape index (κ2) is 8.00. The van der Waals surface area contributed by atoms with Gasteiger partial charge in [0.2, 0.25) is 5.91 Å². The van der Waals surface area contributed by atoms with E-state index in [1.165, 1.54) is 12.8 Å². The molecule has 1 fully saturated rings. The third kappa shape index (κ3) is 7.22. The van der Waals surface area contributed by atoms with Gasteiger partial charge in [-0.3, -0.25) is 4.79 Å². The van der Waals surface area contributed by atoms with Gasteiger partial charge in [0, 0.05) is 20.0 Å². The average molecular weight is 277 g/mol. The molecule has 0 aliphatic carbocycles. The van der Waals surface area contributed by atoms with Crippen molar-refractivity contribution in [2.75, 3.05) is 26.7 Å². The molecule has 1 aliphatic heterocycles. The molecule has 1 rings (SSSR count). The maximum absolute atomic E-state index is 12.0. The summed E-state index contributed by atoms with van der Waals surface area (Å²) in [5.74, 6) is 1.06. The molecule has 1 amide bonds. The maximum atomic E-state index is 12.0. The summed E-state index contributed by atoms with van der Waals surface area (Å²) in [7, 11) is 1.93. The molecule has 18 heavy (non-hydrogen) atoms. The van der Waals surface area contributed by atoms with Gasteiger partial charge in [0.05, 0.1) is 0 Å². The maximum Gasteiger partial charge on any atom is 0.222 e. The molecule has 1 aliphatic rings. The summed E-state index contributed by atoms with van der Waals surface area (Å²) >= 11 is 0. The van der Waals surface area contributed by atoms with Crippen molar-refractivity contribution in [2.24, 2.45) is 11.3 Å². The van der Waals surface area contributed by atoms with E-state index in [1.807, 2.05) is 11.9 Å². The van der Waals surface area contributed by atoms with Gasteiger partial charge in [0.15, 0.2) is 0 Å². The fourth-order valence-corrected chi connectivity index (χ4v) is 2.49. The lowest BCUT2D eigenvalue weighted by Crippen LogP contribution is -2.35. The Kier molecular flexibility index (Phi) is 7.88. The van der Waals surface area contributed by atoms with E-state index in [4.69, 9.17) is 0 Å². The molecule has 108 valence electrons. The predicted molar refractivity (Wildman–Crippen MR) is 79.2 cm³/mol. The number of carbonyl (C=O) groups is 1. The second-order valence-corrected chi connectivity index (χ2v) is 6.54. The third-order valence-corrected chi connectivity index (χ3v) is 3.36. The summed E-state index contributed by atoms with van der Waals surface area (Å²) in [6.07, 6.45) is 4.25. The van der Waals surface area contributed by atoms with Crippen LogP contribution in [0.4, 0.5) is 0 Å². The highest BCUT2D eigenvalue weighted by Crippen LogP contribution is 2.19. The lowest BCUT2D eigenvalue weighted by atomic mass is 9.92. The molecule has 4 heteroatoms. The number of carbonyl (C=O) groups excluding carboxylic acids is 1. The summed E-state index contributed by atoms with van der Waals surface area (Å²) in [5.41, 5.74) is 0.194. The minimum atomic E-state index is 0. The number of piperidine rings is 1. The quantitative estimate of drug-likeness (QED) is 0.856. The first-order valence-corrected chi connectivity index (χ1v) is 6.83. The van der Waals surface area contributed by atoms with E-state index >= 15 is 0 Å². The van der Waals surface area contributed by atoms with E-state index in [0.29, 0.717) is 5.91 Å². The molecule has 0 aromatic heterocycles. The Morgan fingerprint density at radius 1 is 1.28 bits per heavy atom. The van der Waals surface area contributed by atoms with Crippen molar-refractivity contribution in [3.05, 3.63) is 0 Å². The van der Waals surface area contributed by atoms with E-state index in [9.17, 15) is 4.79 Å². The molecule has 3 nitrogen and oxygen atoms in total. The van der Waals surface area contributed by atoms with Gasteiger partial charge in [-0.05, 0) is 43.7 Å². The van der Waals surface area contributed by atoms with E-state index in [-0.39, 0.29) is 17.8 Å². The normalized spacial score (nSPS) is 17.1. The smallest absolute Gasteiger partial charge is 0.222 e. The van der Waals surface area contributed by atoms with Crippen molar-refractivity contribution in [1.29, 1.82) is 0 Å². The van der Waals surface area contributed by atoms with Crippen LogP contribution < -0.4 is 5.32 Å². The molecule has 0 spiro atoms. The summed E-state index contributed by atoms with van der Waals surface area (Å²) in [6.45, 7) is 9.60. The molecule has 1 saturated heterocycles. The van der Waals surface area contributed by atoms with Gasteiger partial charge in [0.25, 0.3) is 0 Å². The van der Waals surface area contributed by atoms with Crippen molar-refractivity contribution >= 4 is 18.3 Å². The molecule has 0 saturated carbocycles. The first-order valence-electron chi connectivity index (χ1n) is 6.83. The molecule has 0 aromatic rings. The van der Waals surface area contributed by atoms with Crippen molar-refractivity contribution in [3.63, 3.8) is 0 Å². The van der Waals surface area contributed by atoms with Crippen LogP contribution in [0.15, 0.2) is 0 Å². The van der Waals surface area contributed by atoms with Crippen LogP contribution in [-0.4, -0.2) is 37.5 Å². The summed E-state index contributed by atoms with van der Waals surface area (Å²) in [5, 5.41) is 3.36.